The molecule has 1 aromatic carbocycles. The quantitative estimate of drug-likeness (QED) is 0.597. The van der Waals surface area contributed by atoms with Crippen molar-refractivity contribution in [1.29, 1.82) is 0 Å². The minimum atomic E-state index is -0.808. The molecule has 0 aliphatic carbocycles. The van der Waals surface area contributed by atoms with E-state index in [4.69, 9.17) is 0 Å². The summed E-state index contributed by atoms with van der Waals surface area (Å²) in [4.78, 5) is 29.2. The van der Waals surface area contributed by atoms with Crippen LogP contribution in [-0.2, 0) is 4.79 Å². The Morgan fingerprint density at radius 3 is 2.62 bits per heavy atom. The fourth-order valence-corrected chi connectivity index (χ4v) is 4.10. The van der Waals surface area contributed by atoms with E-state index in [9.17, 15) is 9.59 Å². The minimum absolute atomic E-state index is 0.223. The number of rotatable bonds is 7. The van der Waals surface area contributed by atoms with Crippen LogP contribution in [0.1, 0.15) is 54.2 Å². The predicted octanol–water partition coefficient (Wildman–Crippen LogP) is 4.60. The molecule has 2 aromatic heterocycles. The van der Waals surface area contributed by atoms with E-state index in [1.807, 2.05) is 69.5 Å². The smallest absolute Gasteiger partial charge is 0.280 e. The second kappa shape index (κ2) is 8.84. The Bertz CT molecular complexity index is 969. The van der Waals surface area contributed by atoms with Gasteiger partial charge in [-0.1, -0.05) is 29.6 Å². The molecule has 8 heteroatoms. The first kappa shape index (κ1) is 21.1. The largest absolute Gasteiger partial charge is 0.349 e. The van der Waals surface area contributed by atoms with Crippen molar-refractivity contribution in [1.82, 2.24) is 14.9 Å². The monoisotopic (exact) mass is 428 g/mol. The van der Waals surface area contributed by atoms with Gasteiger partial charge in [0.05, 0.1) is 0 Å². The van der Waals surface area contributed by atoms with Crippen molar-refractivity contribution in [3.63, 3.8) is 0 Å². The zero-order valence-corrected chi connectivity index (χ0v) is 18.5. The van der Waals surface area contributed by atoms with Gasteiger partial charge in [-0.3, -0.25) is 14.5 Å². The van der Waals surface area contributed by atoms with Crippen LogP contribution in [0, 0.1) is 6.92 Å². The van der Waals surface area contributed by atoms with Crippen LogP contribution in [0.4, 0.5) is 5.69 Å². The summed E-state index contributed by atoms with van der Waals surface area (Å²) in [6.45, 7) is 7.92. The number of thiophene rings is 1. The lowest BCUT2D eigenvalue weighted by Crippen LogP contribution is -2.50. The van der Waals surface area contributed by atoms with Crippen LogP contribution in [0.2, 0.25) is 0 Å². The van der Waals surface area contributed by atoms with Gasteiger partial charge in [-0.05, 0) is 67.9 Å². The Labute approximate surface area is 178 Å². The van der Waals surface area contributed by atoms with E-state index < -0.39 is 11.6 Å². The molecule has 2 amide bonds. The van der Waals surface area contributed by atoms with Crippen molar-refractivity contribution in [2.45, 2.75) is 45.7 Å². The molecule has 0 bridgehead atoms. The van der Waals surface area contributed by atoms with Crippen LogP contribution in [0.15, 0.2) is 47.2 Å². The number of nitrogens with one attached hydrogen (secondary N) is 1. The fourth-order valence-electron chi connectivity index (χ4n) is 2.85. The number of carbonyl (C=O) groups is 2. The van der Waals surface area contributed by atoms with Gasteiger partial charge in [0.2, 0.25) is 5.91 Å². The topological polar surface area (TPSA) is 75.2 Å². The average Bonchev–Trinajstić information content (AvgIpc) is 3.39. The zero-order valence-electron chi connectivity index (χ0n) is 16.9. The van der Waals surface area contributed by atoms with Gasteiger partial charge in [-0.15, -0.1) is 16.4 Å². The Morgan fingerprint density at radius 1 is 1.24 bits per heavy atom. The summed E-state index contributed by atoms with van der Waals surface area (Å²) in [6, 6.07) is 10.5. The second-order valence-electron chi connectivity index (χ2n) is 7.45. The Balaban J connectivity index is 2.12. The highest BCUT2D eigenvalue weighted by Crippen LogP contribution is 2.33. The van der Waals surface area contributed by atoms with Crippen LogP contribution in [-0.4, -0.2) is 26.9 Å². The standard InChI is InChI=1S/C21H24N4O2S2/c1-5-21(3,4)22-19(26)18(17-10-7-11-28-17)25(15-9-6-8-14(2)12-15)20(27)16-13-29-24-23-16/h6-13,18H,5H2,1-4H3,(H,22,26)/t18-/m0/s1. The molecule has 3 aromatic rings. The van der Waals surface area contributed by atoms with Crippen molar-refractivity contribution in [3.8, 4) is 0 Å². The molecule has 0 aliphatic rings. The van der Waals surface area contributed by atoms with E-state index in [1.54, 1.807) is 5.38 Å². The second-order valence-corrected chi connectivity index (χ2v) is 9.04. The molecule has 0 fully saturated rings. The SMILES string of the molecule is CCC(C)(C)NC(=O)[C@H](c1cccs1)N(C(=O)c1csnn1)c1cccc(C)c1. The maximum Gasteiger partial charge on any atom is 0.280 e. The number of aromatic nitrogens is 2. The van der Waals surface area contributed by atoms with E-state index in [0.717, 1.165) is 28.4 Å². The first-order chi connectivity index (χ1) is 13.8. The molecule has 3 rings (SSSR count). The molecule has 6 nitrogen and oxygen atoms in total. The fraction of sp³-hybridized carbons (Fsp3) is 0.333. The van der Waals surface area contributed by atoms with Crippen molar-refractivity contribution in [2.24, 2.45) is 0 Å². The minimum Gasteiger partial charge on any atom is -0.349 e. The summed E-state index contributed by atoms with van der Waals surface area (Å²) in [6.07, 6.45) is 0.768. The van der Waals surface area contributed by atoms with Gasteiger partial charge in [0.1, 0.15) is 0 Å². The zero-order chi connectivity index (χ0) is 21.0. The third-order valence-electron chi connectivity index (χ3n) is 4.74. The lowest BCUT2D eigenvalue weighted by molar-refractivity contribution is -0.124. The molecule has 0 saturated carbocycles. The number of benzene rings is 1. The number of hydrogen-bond donors (Lipinski definition) is 1. The lowest BCUT2D eigenvalue weighted by Gasteiger charge is -2.33. The summed E-state index contributed by atoms with van der Waals surface area (Å²) < 4.78 is 3.82. The van der Waals surface area contributed by atoms with Gasteiger partial charge >= 0.3 is 0 Å². The molecule has 1 atom stereocenters. The molecule has 0 spiro atoms. The summed E-state index contributed by atoms with van der Waals surface area (Å²) in [5.74, 6) is -0.579. The van der Waals surface area contributed by atoms with Crippen LogP contribution < -0.4 is 10.2 Å². The summed E-state index contributed by atoms with van der Waals surface area (Å²) in [5.41, 5.74) is 1.47. The number of carbonyl (C=O) groups excluding carboxylic acids is 2. The van der Waals surface area contributed by atoms with Crippen molar-refractivity contribution in [3.05, 3.63) is 63.3 Å². The molecular weight excluding hydrogens is 404 g/mol. The maximum absolute atomic E-state index is 13.5. The number of nitrogens with zero attached hydrogens (tertiary/aromatic N) is 3. The first-order valence-electron chi connectivity index (χ1n) is 9.35. The van der Waals surface area contributed by atoms with Crippen molar-refractivity contribution >= 4 is 40.4 Å². The summed E-state index contributed by atoms with van der Waals surface area (Å²) >= 11 is 2.55. The van der Waals surface area contributed by atoms with E-state index in [2.05, 4.69) is 14.9 Å². The van der Waals surface area contributed by atoms with Crippen LogP contribution >= 0.6 is 22.9 Å². The Kier molecular flexibility index (Phi) is 6.44. The normalized spacial score (nSPS) is 12.4. The first-order valence-corrected chi connectivity index (χ1v) is 11.1. The summed E-state index contributed by atoms with van der Waals surface area (Å²) in [5, 5.41) is 10.6. The van der Waals surface area contributed by atoms with Crippen molar-refractivity contribution in [2.75, 3.05) is 4.90 Å². The molecule has 29 heavy (non-hydrogen) atoms. The third-order valence-corrected chi connectivity index (χ3v) is 6.17. The molecule has 152 valence electrons. The Morgan fingerprint density at radius 2 is 2.03 bits per heavy atom. The number of aryl methyl sites for hydroxylation is 1. The number of hydrogen-bond acceptors (Lipinski definition) is 6. The summed E-state index contributed by atoms with van der Waals surface area (Å²) in [7, 11) is 0. The van der Waals surface area contributed by atoms with Gasteiger partial charge < -0.3 is 5.32 Å². The molecule has 0 aliphatic heterocycles. The van der Waals surface area contributed by atoms with Gasteiger partial charge in [0.25, 0.3) is 5.91 Å². The maximum atomic E-state index is 13.5. The molecule has 2 heterocycles. The highest BCUT2D eigenvalue weighted by molar-refractivity contribution is 7.10. The van der Waals surface area contributed by atoms with Crippen LogP contribution in [0.5, 0.6) is 0 Å². The van der Waals surface area contributed by atoms with E-state index in [0.29, 0.717) is 5.69 Å². The van der Waals surface area contributed by atoms with Crippen LogP contribution in [0.25, 0.3) is 0 Å². The van der Waals surface area contributed by atoms with Gasteiger partial charge in [-0.2, -0.15) is 0 Å². The Hall–Kier alpha value is -2.58. The highest BCUT2D eigenvalue weighted by atomic mass is 32.1. The lowest BCUT2D eigenvalue weighted by atomic mass is 10.0. The third kappa shape index (κ3) is 4.89. The molecule has 0 saturated heterocycles. The molecule has 1 N–H and O–H groups in total. The average molecular weight is 429 g/mol. The van der Waals surface area contributed by atoms with Gasteiger partial charge in [0, 0.05) is 21.5 Å². The predicted molar refractivity (Wildman–Crippen MR) is 117 cm³/mol. The van der Waals surface area contributed by atoms with Gasteiger partial charge in [0.15, 0.2) is 11.7 Å². The molecule has 0 radical (unpaired) electrons. The highest BCUT2D eigenvalue weighted by Gasteiger charge is 2.36. The van der Waals surface area contributed by atoms with E-state index in [-0.39, 0.29) is 17.5 Å². The van der Waals surface area contributed by atoms with Crippen LogP contribution in [0.3, 0.4) is 0 Å². The van der Waals surface area contributed by atoms with E-state index in [1.165, 1.54) is 16.2 Å². The van der Waals surface area contributed by atoms with E-state index >= 15 is 0 Å². The molecule has 0 unspecified atom stereocenters. The number of amides is 2. The van der Waals surface area contributed by atoms with Crippen molar-refractivity contribution < 1.29 is 9.59 Å². The number of anilines is 1. The van der Waals surface area contributed by atoms with Gasteiger partial charge in [-0.25, -0.2) is 0 Å². The molecular formula is C21H24N4O2S2.